The summed E-state index contributed by atoms with van der Waals surface area (Å²) in [6.07, 6.45) is 0. The molecule has 7 nitrogen and oxygen atoms in total. The Bertz CT molecular complexity index is 562. The second-order valence-corrected chi connectivity index (χ2v) is 4.34. The zero-order valence-electron chi connectivity index (χ0n) is 8.62. The first kappa shape index (κ1) is 10.6. The molecule has 16 heavy (non-hydrogen) atoms. The van der Waals surface area contributed by atoms with Gasteiger partial charge in [-0.05, 0) is 13.8 Å². The van der Waals surface area contributed by atoms with Crippen LogP contribution in [0.25, 0.3) is 0 Å². The van der Waals surface area contributed by atoms with Gasteiger partial charge < -0.3 is 0 Å². The van der Waals surface area contributed by atoms with Gasteiger partial charge in [0.1, 0.15) is 0 Å². The number of hydrogen-bond donors (Lipinski definition) is 3. The molecule has 0 aliphatic carbocycles. The van der Waals surface area contributed by atoms with E-state index in [2.05, 4.69) is 25.5 Å². The van der Waals surface area contributed by atoms with Crippen LogP contribution in [0.4, 0.5) is 5.13 Å². The molecule has 0 saturated carbocycles. The van der Waals surface area contributed by atoms with Gasteiger partial charge in [-0.1, -0.05) is 0 Å². The van der Waals surface area contributed by atoms with Crippen molar-refractivity contribution in [2.24, 2.45) is 0 Å². The van der Waals surface area contributed by atoms with Crippen molar-refractivity contribution in [3.63, 3.8) is 0 Å². The van der Waals surface area contributed by atoms with Crippen molar-refractivity contribution in [1.82, 2.24) is 20.2 Å². The van der Waals surface area contributed by atoms with Crippen LogP contribution in [-0.2, 0) is 0 Å². The second kappa shape index (κ2) is 3.89. The lowest BCUT2D eigenvalue weighted by Gasteiger charge is -1.95. The monoisotopic (exact) mass is 239 g/mol. The third-order valence-electron chi connectivity index (χ3n) is 1.97. The Morgan fingerprint density at radius 1 is 1.44 bits per heavy atom. The van der Waals surface area contributed by atoms with E-state index in [-0.39, 0.29) is 5.82 Å². The predicted molar refractivity (Wildman–Crippen MR) is 58.7 cm³/mol. The normalized spacial score (nSPS) is 10.4. The highest BCUT2D eigenvalue weighted by Gasteiger charge is 2.12. The van der Waals surface area contributed by atoms with Crippen LogP contribution < -0.4 is 11.0 Å². The Balaban J connectivity index is 2.16. The summed E-state index contributed by atoms with van der Waals surface area (Å²) < 4.78 is 0. The van der Waals surface area contributed by atoms with E-state index in [4.69, 9.17) is 0 Å². The molecular weight excluding hydrogens is 230 g/mol. The van der Waals surface area contributed by atoms with Crippen LogP contribution >= 0.6 is 11.3 Å². The molecule has 2 aromatic heterocycles. The molecule has 3 N–H and O–H groups in total. The molecule has 0 unspecified atom stereocenters. The largest absolute Gasteiger partial charge is 0.341 e. The van der Waals surface area contributed by atoms with E-state index in [1.54, 1.807) is 0 Å². The highest BCUT2D eigenvalue weighted by atomic mass is 32.1. The lowest BCUT2D eigenvalue weighted by molar-refractivity contribution is 0.101. The highest BCUT2D eigenvalue weighted by molar-refractivity contribution is 7.15. The summed E-state index contributed by atoms with van der Waals surface area (Å²) in [4.78, 5) is 29.7. The van der Waals surface area contributed by atoms with E-state index in [1.807, 2.05) is 13.8 Å². The molecule has 2 heterocycles. The number of hydrogen-bond acceptors (Lipinski definition) is 5. The Kier molecular flexibility index (Phi) is 2.57. The number of carbonyl (C=O) groups excluding carboxylic acids is 1. The zero-order valence-corrected chi connectivity index (χ0v) is 9.44. The SMILES string of the molecule is Cc1nc(NC(=O)c2n[nH]c(=O)[nH]2)sc1C. The summed E-state index contributed by atoms with van der Waals surface area (Å²) in [5, 5.41) is 8.66. The number of aromatic amines is 2. The van der Waals surface area contributed by atoms with Crippen LogP contribution in [0.3, 0.4) is 0 Å². The minimum Gasteiger partial charge on any atom is -0.295 e. The van der Waals surface area contributed by atoms with Crippen molar-refractivity contribution >= 4 is 22.4 Å². The molecular formula is C8H9N5O2S. The maximum atomic E-state index is 11.6. The lowest BCUT2D eigenvalue weighted by atomic mass is 10.4. The molecule has 84 valence electrons. The van der Waals surface area contributed by atoms with Crippen molar-refractivity contribution in [2.75, 3.05) is 5.32 Å². The average molecular weight is 239 g/mol. The van der Waals surface area contributed by atoms with E-state index >= 15 is 0 Å². The smallest absolute Gasteiger partial charge is 0.295 e. The molecule has 8 heteroatoms. The number of aryl methyl sites for hydroxylation is 2. The van der Waals surface area contributed by atoms with Gasteiger partial charge in [0.05, 0.1) is 5.69 Å². The van der Waals surface area contributed by atoms with Gasteiger partial charge in [-0.25, -0.2) is 14.9 Å². The first-order valence-corrected chi connectivity index (χ1v) is 5.28. The van der Waals surface area contributed by atoms with Gasteiger partial charge in [-0.2, -0.15) is 0 Å². The van der Waals surface area contributed by atoms with Gasteiger partial charge in [-0.3, -0.25) is 15.1 Å². The average Bonchev–Trinajstić information content (AvgIpc) is 2.75. The maximum Gasteiger partial charge on any atom is 0.341 e. The lowest BCUT2D eigenvalue weighted by Crippen LogP contribution is -2.14. The van der Waals surface area contributed by atoms with Crippen LogP contribution in [0.1, 0.15) is 21.2 Å². The number of anilines is 1. The number of rotatable bonds is 2. The predicted octanol–water partition coefficient (Wildman–Crippen LogP) is 0.424. The topological polar surface area (TPSA) is 104 Å². The summed E-state index contributed by atoms with van der Waals surface area (Å²) >= 11 is 1.37. The first-order chi connectivity index (χ1) is 7.56. The van der Waals surface area contributed by atoms with Crippen LogP contribution in [-0.4, -0.2) is 26.1 Å². The van der Waals surface area contributed by atoms with Crippen molar-refractivity contribution in [3.8, 4) is 0 Å². The summed E-state index contributed by atoms with van der Waals surface area (Å²) in [5.74, 6) is -0.553. The van der Waals surface area contributed by atoms with Crippen molar-refractivity contribution in [3.05, 3.63) is 26.9 Å². The molecule has 0 atom stereocenters. The van der Waals surface area contributed by atoms with E-state index in [0.29, 0.717) is 5.13 Å². The number of amides is 1. The number of nitrogens with zero attached hydrogens (tertiary/aromatic N) is 2. The number of carbonyl (C=O) groups is 1. The molecule has 0 saturated heterocycles. The fourth-order valence-corrected chi connectivity index (χ4v) is 1.87. The Hall–Kier alpha value is -1.96. The molecule has 0 aromatic carbocycles. The standard InChI is InChI=1S/C8H9N5O2S/c1-3-4(2)16-8(9-3)11-6(14)5-10-7(15)13-12-5/h1-2H3,(H,9,11,14)(H2,10,12,13,15). The molecule has 1 amide bonds. The summed E-state index contributed by atoms with van der Waals surface area (Å²) in [6, 6.07) is 0. The fraction of sp³-hybridized carbons (Fsp3) is 0.250. The van der Waals surface area contributed by atoms with Crippen LogP contribution in [0.15, 0.2) is 4.79 Å². The van der Waals surface area contributed by atoms with E-state index in [9.17, 15) is 9.59 Å². The quantitative estimate of drug-likeness (QED) is 0.706. The van der Waals surface area contributed by atoms with E-state index in [1.165, 1.54) is 11.3 Å². The summed E-state index contributed by atoms with van der Waals surface area (Å²) in [6.45, 7) is 3.77. The molecule has 2 rings (SSSR count). The van der Waals surface area contributed by atoms with Gasteiger partial charge in [0.15, 0.2) is 5.13 Å². The van der Waals surface area contributed by atoms with Crippen LogP contribution in [0, 0.1) is 13.8 Å². The fourth-order valence-electron chi connectivity index (χ4n) is 1.06. The number of thiazole rings is 1. The minimum absolute atomic E-state index is 0.0597. The Labute approximate surface area is 93.9 Å². The van der Waals surface area contributed by atoms with E-state index < -0.39 is 11.6 Å². The molecule has 0 bridgehead atoms. The van der Waals surface area contributed by atoms with Crippen LogP contribution in [0.5, 0.6) is 0 Å². The molecule has 0 spiro atoms. The van der Waals surface area contributed by atoms with Gasteiger partial charge >= 0.3 is 5.69 Å². The number of H-pyrrole nitrogens is 2. The number of nitrogens with one attached hydrogen (secondary N) is 3. The maximum absolute atomic E-state index is 11.6. The van der Waals surface area contributed by atoms with Gasteiger partial charge in [0.2, 0.25) is 5.82 Å². The van der Waals surface area contributed by atoms with Crippen molar-refractivity contribution in [2.45, 2.75) is 13.8 Å². The summed E-state index contributed by atoms with van der Waals surface area (Å²) in [5.41, 5.74) is 0.354. The Morgan fingerprint density at radius 3 is 2.69 bits per heavy atom. The molecule has 0 aliphatic heterocycles. The third-order valence-corrected chi connectivity index (χ3v) is 2.95. The zero-order chi connectivity index (χ0) is 11.7. The highest BCUT2D eigenvalue weighted by Crippen LogP contribution is 2.21. The van der Waals surface area contributed by atoms with E-state index in [0.717, 1.165) is 10.6 Å². The third kappa shape index (κ3) is 2.01. The number of aromatic nitrogens is 4. The van der Waals surface area contributed by atoms with Gasteiger partial charge in [0.25, 0.3) is 5.91 Å². The van der Waals surface area contributed by atoms with Crippen molar-refractivity contribution in [1.29, 1.82) is 0 Å². The molecule has 2 aromatic rings. The summed E-state index contributed by atoms with van der Waals surface area (Å²) in [7, 11) is 0. The minimum atomic E-state index is -0.517. The first-order valence-electron chi connectivity index (χ1n) is 4.46. The van der Waals surface area contributed by atoms with Gasteiger partial charge in [0, 0.05) is 4.88 Å². The molecule has 0 fully saturated rings. The van der Waals surface area contributed by atoms with Gasteiger partial charge in [-0.15, -0.1) is 16.4 Å². The van der Waals surface area contributed by atoms with Crippen LogP contribution in [0.2, 0.25) is 0 Å². The van der Waals surface area contributed by atoms with Crippen molar-refractivity contribution < 1.29 is 4.79 Å². The molecule has 0 radical (unpaired) electrons. The Morgan fingerprint density at radius 2 is 2.19 bits per heavy atom. The molecule has 0 aliphatic rings. The second-order valence-electron chi connectivity index (χ2n) is 3.14.